The molecule has 1 saturated carbocycles. The molecule has 1 atom stereocenters. The van der Waals surface area contributed by atoms with E-state index < -0.39 is 5.51 Å². The second kappa shape index (κ2) is 6.05. The van der Waals surface area contributed by atoms with E-state index in [-0.39, 0.29) is 22.7 Å². The summed E-state index contributed by atoms with van der Waals surface area (Å²) in [5.74, 6) is 0.504. The predicted octanol–water partition coefficient (Wildman–Crippen LogP) is 4.14. The summed E-state index contributed by atoms with van der Waals surface area (Å²) in [6, 6.07) is 6.59. The highest BCUT2D eigenvalue weighted by Gasteiger charge is 2.33. The van der Waals surface area contributed by atoms with Gasteiger partial charge in [0.15, 0.2) is 0 Å². The lowest BCUT2D eigenvalue weighted by atomic mass is 10.2. The Hall–Kier alpha value is -0.880. The van der Waals surface area contributed by atoms with E-state index in [0.717, 1.165) is 12.8 Å². The molecule has 1 aromatic rings. The third-order valence-electron chi connectivity index (χ3n) is 2.99. The van der Waals surface area contributed by atoms with E-state index >= 15 is 0 Å². The van der Waals surface area contributed by atoms with Crippen molar-refractivity contribution in [3.63, 3.8) is 0 Å². The van der Waals surface area contributed by atoms with Crippen molar-refractivity contribution >= 4 is 17.4 Å². The average Bonchev–Trinajstić information content (AvgIpc) is 3.13. The monoisotopic (exact) mass is 291 g/mol. The topological polar surface area (TPSA) is 21.3 Å². The van der Waals surface area contributed by atoms with Gasteiger partial charge in [-0.25, -0.2) is 0 Å². The number of para-hydroxylation sites is 1. The van der Waals surface area contributed by atoms with Gasteiger partial charge >= 0.3 is 5.51 Å². The molecule has 0 aromatic heterocycles. The Kier molecular flexibility index (Phi) is 4.62. The Labute approximate surface area is 114 Å². The largest absolute Gasteiger partial charge is 0.446 e. The van der Waals surface area contributed by atoms with Crippen molar-refractivity contribution in [2.75, 3.05) is 19.0 Å². The van der Waals surface area contributed by atoms with Crippen LogP contribution in [0.5, 0.6) is 0 Å². The fourth-order valence-corrected chi connectivity index (χ4v) is 2.61. The highest BCUT2D eigenvalue weighted by molar-refractivity contribution is 8.00. The molecule has 0 bridgehead atoms. The standard InChI is InChI=1S/C13H16F3NOS/c1-18-8-11(9-6-7-9)17-10-4-2-3-5-12(10)19-13(14,15)16/h2-5,9,11,17H,6-8H2,1H3. The zero-order valence-corrected chi connectivity index (χ0v) is 11.4. The van der Waals surface area contributed by atoms with Gasteiger partial charge in [0.1, 0.15) is 0 Å². The number of halogens is 3. The fourth-order valence-electron chi connectivity index (χ4n) is 1.97. The predicted molar refractivity (Wildman–Crippen MR) is 70.4 cm³/mol. The van der Waals surface area contributed by atoms with Gasteiger partial charge in [0.05, 0.1) is 12.6 Å². The Bertz CT molecular complexity index is 421. The summed E-state index contributed by atoms with van der Waals surface area (Å²) in [5.41, 5.74) is -3.74. The summed E-state index contributed by atoms with van der Waals surface area (Å²) in [7, 11) is 1.60. The van der Waals surface area contributed by atoms with E-state index in [4.69, 9.17) is 4.74 Å². The number of anilines is 1. The maximum atomic E-state index is 12.5. The number of benzene rings is 1. The van der Waals surface area contributed by atoms with E-state index in [1.54, 1.807) is 25.3 Å². The van der Waals surface area contributed by atoms with Crippen molar-refractivity contribution in [3.05, 3.63) is 24.3 Å². The normalized spacial score (nSPS) is 17.3. The molecular weight excluding hydrogens is 275 g/mol. The number of rotatable bonds is 6. The van der Waals surface area contributed by atoms with Crippen LogP contribution in [0, 0.1) is 5.92 Å². The molecule has 0 spiro atoms. The minimum atomic E-state index is -4.27. The maximum absolute atomic E-state index is 12.5. The van der Waals surface area contributed by atoms with Crippen LogP contribution in [-0.4, -0.2) is 25.3 Å². The lowest BCUT2D eigenvalue weighted by molar-refractivity contribution is -0.0327. The summed E-state index contributed by atoms with van der Waals surface area (Å²) >= 11 is -0.0838. The molecule has 0 radical (unpaired) electrons. The SMILES string of the molecule is COCC(Nc1ccccc1SC(F)(F)F)C1CC1. The first-order valence-electron chi connectivity index (χ1n) is 6.10. The minimum absolute atomic E-state index is 0.0833. The zero-order valence-electron chi connectivity index (χ0n) is 10.5. The van der Waals surface area contributed by atoms with Gasteiger partial charge in [-0.1, -0.05) is 12.1 Å². The van der Waals surface area contributed by atoms with E-state index in [2.05, 4.69) is 5.32 Å². The first kappa shape index (κ1) is 14.5. The Balaban J connectivity index is 2.09. The van der Waals surface area contributed by atoms with E-state index in [0.29, 0.717) is 18.2 Å². The van der Waals surface area contributed by atoms with Crippen molar-refractivity contribution in [1.82, 2.24) is 0 Å². The Morgan fingerprint density at radius 1 is 1.37 bits per heavy atom. The highest BCUT2D eigenvalue weighted by Crippen LogP contribution is 2.41. The van der Waals surface area contributed by atoms with Crippen LogP contribution in [0.2, 0.25) is 0 Å². The van der Waals surface area contributed by atoms with Crippen LogP contribution >= 0.6 is 11.8 Å². The van der Waals surface area contributed by atoms with Gasteiger partial charge < -0.3 is 10.1 Å². The summed E-state index contributed by atoms with van der Waals surface area (Å²) in [4.78, 5) is 0.205. The number of nitrogens with one attached hydrogen (secondary N) is 1. The van der Waals surface area contributed by atoms with Gasteiger partial charge in [0.2, 0.25) is 0 Å². The third-order valence-corrected chi connectivity index (χ3v) is 3.80. The molecule has 1 aliphatic carbocycles. The van der Waals surface area contributed by atoms with Crippen molar-refractivity contribution in [2.24, 2.45) is 5.92 Å². The molecule has 2 rings (SSSR count). The maximum Gasteiger partial charge on any atom is 0.446 e. The van der Waals surface area contributed by atoms with Gasteiger partial charge in [0, 0.05) is 17.7 Å². The number of hydrogen-bond acceptors (Lipinski definition) is 3. The highest BCUT2D eigenvalue weighted by atomic mass is 32.2. The van der Waals surface area contributed by atoms with Crippen molar-refractivity contribution in [3.8, 4) is 0 Å². The summed E-state index contributed by atoms with van der Waals surface area (Å²) in [6.45, 7) is 0.510. The minimum Gasteiger partial charge on any atom is -0.383 e. The van der Waals surface area contributed by atoms with E-state index in [9.17, 15) is 13.2 Å². The summed E-state index contributed by atoms with van der Waals surface area (Å²) in [6.07, 6.45) is 2.21. The van der Waals surface area contributed by atoms with Gasteiger partial charge in [-0.15, -0.1) is 0 Å². The molecule has 0 amide bonds. The van der Waals surface area contributed by atoms with Gasteiger partial charge in [0.25, 0.3) is 0 Å². The Morgan fingerprint density at radius 3 is 2.63 bits per heavy atom. The third kappa shape index (κ3) is 4.62. The van der Waals surface area contributed by atoms with Gasteiger partial charge in [-0.05, 0) is 42.7 Å². The number of thioether (sulfide) groups is 1. The summed E-state index contributed by atoms with van der Waals surface area (Å²) in [5, 5.41) is 3.19. The van der Waals surface area contributed by atoms with Crippen LogP contribution in [-0.2, 0) is 4.74 Å². The average molecular weight is 291 g/mol. The van der Waals surface area contributed by atoms with Crippen LogP contribution in [0.1, 0.15) is 12.8 Å². The van der Waals surface area contributed by atoms with E-state index in [1.165, 1.54) is 6.07 Å². The molecule has 2 nitrogen and oxygen atoms in total. The molecule has 1 aromatic carbocycles. The molecule has 1 fully saturated rings. The molecule has 1 aliphatic rings. The molecule has 19 heavy (non-hydrogen) atoms. The van der Waals surface area contributed by atoms with E-state index in [1.807, 2.05) is 0 Å². The fraction of sp³-hybridized carbons (Fsp3) is 0.538. The first-order chi connectivity index (χ1) is 8.99. The van der Waals surface area contributed by atoms with Crippen LogP contribution in [0.25, 0.3) is 0 Å². The molecule has 1 N–H and O–H groups in total. The van der Waals surface area contributed by atoms with Crippen molar-refractivity contribution in [1.29, 1.82) is 0 Å². The molecule has 1 unspecified atom stereocenters. The van der Waals surface area contributed by atoms with Gasteiger partial charge in [-0.2, -0.15) is 13.2 Å². The van der Waals surface area contributed by atoms with Crippen molar-refractivity contribution < 1.29 is 17.9 Å². The second-order valence-electron chi connectivity index (χ2n) is 4.59. The second-order valence-corrected chi connectivity index (χ2v) is 5.69. The zero-order chi connectivity index (χ0) is 13.9. The van der Waals surface area contributed by atoms with Crippen LogP contribution in [0.15, 0.2) is 29.2 Å². The van der Waals surface area contributed by atoms with Crippen LogP contribution in [0.3, 0.4) is 0 Å². The molecule has 0 saturated heterocycles. The summed E-state index contributed by atoms with van der Waals surface area (Å²) < 4.78 is 42.6. The first-order valence-corrected chi connectivity index (χ1v) is 6.91. The van der Waals surface area contributed by atoms with Crippen LogP contribution < -0.4 is 5.32 Å². The van der Waals surface area contributed by atoms with Crippen LogP contribution in [0.4, 0.5) is 18.9 Å². The lowest BCUT2D eigenvalue weighted by Gasteiger charge is -2.21. The van der Waals surface area contributed by atoms with Gasteiger partial charge in [-0.3, -0.25) is 0 Å². The lowest BCUT2D eigenvalue weighted by Crippen LogP contribution is -2.27. The smallest absolute Gasteiger partial charge is 0.383 e. The molecular formula is C13H16F3NOS. The molecule has 6 heteroatoms. The number of ether oxygens (including phenoxy) is 1. The molecule has 106 valence electrons. The number of methoxy groups -OCH3 is 1. The molecule has 0 heterocycles. The quantitative estimate of drug-likeness (QED) is 0.796. The van der Waals surface area contributed by atoms with Crippen molar-refractivity contribution in [2.45, 2.75) is 29.3 Å². The Morgan fingerprint density at radius 2 is 2.05 bits per heavy atom. The molecule has 0 aliphatic heterocycles. The number of hydrogen-bond donors (Lipinski definition) is 1. The number of alkyl halides is 3.